The third kappa shape index (κ3) is 4.88. The molecule has 0 saturated carbocycles. The zero-order valence-electron chi connectivity index (χ0n) is 15.2. The van der Waals surface area contributed by atoms with Crippen molar-refractivity contribution in [2.24, 2.45) is 5.92 Å². The standard InChI is InChI=1S/C21H27ClN2O/c1-3-17-5-6-19(22)20(14-17)25-13-10-18-8-11-24(12-9-18)21-7-4-16(2)15-23-21/h4-7,14-15,18H,3,8-13H2,1-2H3. The van der Waals surface area contributed by atoms with Crippen LogP contribution < -0.4 is 9.64 Å². The van der Waals surface area contributed by atoms with Gasteiger partial charge in [0, 0.05) is 19.3 Å². The van der Waals surface area contributed by atoms with E-state index in [9.17, 15) is 0 Å². The Bertz CT molecular complexity index is 679. The van der Waals surface area contributed by atoms with Gasteiger partial charge in [-0.1, -0.05) is 30.7 Å². The van der Waals surface area contributed by atoms with Crippen molar-refractivity contribution in [3.63, 3.8) is 0 Å². The molecule has 1 aromatic carbocycles. The minimum Gasteiger partial charge on any atom is -0.492 e. The van der Waals surface area contributed by atoms with E-state index in [0.29, 0.717) is 5.02 Å². The number of hydrogen-bond acceptors (Lipinski definition) is 3. The summed E-state index contributed by atoms with van der Waals surface area (Å²) in [4.78, 5) is 6.93. The van der Waals surface area contributed by atoms with Crippen LogP contribution in [0.2, 0.25) is 5.02 Å². The Morgan fingerprint density at radius 1 is 1.20 bits per heavy atom. The molecule has 25 heavy (non-hydrogen) atoms. The topological polar surface area (TPSA) is 25.4 Å². The van der Waals surface area contributed by atoms with Gasteiger partial charge < -0.3 is 9.64 Å². The summed E-state index contributed by atoms with van der Waals surface area (Å²) < 4.78 is 5.95. The van der Waals surface area contributed by atoms with Gasteiger partial charge in [0.2, 0.25) is 0 Å². The largest absolute Gasteiger partial charge is 0.492 e. The minimum atomic E-state index is 0.706. The van der Waals surface area contributed by atoms with Gasteiger partial charge in [-0.2, -0.15) is 0 Å². The van der Waals surface area contributed by atoms with Crippen LogP contribution in [0.15, 0.2) is 36.5 Å². The molecule has 0 radical (unpaired) electrons. The van der Waals surface area contributed by atoms with Crippen LogP contribution in [0, 0.1) is 12.8 Å². The van der Waals surface area contributed by atoms with Gasteiger partial charge in [0.25, 0.3) is 0 Å². The number of rotatable bonds is 6. The predicted molar refractivity (Wildman–Crippen MR) is 105 cm³/mol. The Kier molecular flexibility index (Phi) is 6.19. The molecule has 1 fully saturated rings. The van der Waals surface area contributed by atoms with Crippen LogP contribution in [0.5, 0.6) is 5.75 Å². The highest BCUT2D eigenvalue weighted by atomic mass is 35.5. The molecule has 4 heteroatoms. The number of hydrogen-bond donors (Lipinski definition) is 0. The van der Waals surface area contributed by atoms with E-state index in [1.807, 2.05) is 12.3 Å². The molecule has 134 valence electrons. The number of anilines is 1. The SMILES string of the molecule is CCc1ccc(Cl)c(OCCC2CCN(c3ccc(C)cn3)CC2)c1. The number of nitrogens with zero attached hydrogens (tertiary/aromatic N) is 2. The normalized spacial score (nSPS) is 15.4. The van der Waals surface area contributed by atoms with Crippen molar-refractivity contribution in [3.8, 4) is 5.75 Å². The number of ether oxygens (including phenoxy) is 1. The highest BCUT2D eigenvalue weighted by Crippen LogP contribution is 2.28. The second-order valence-corrected chi connectivity index (χ2v) is 7.29. The molecule has 0 N–H and O–H groups in total. The van der Waals surface area contributed by atoms with E-state index >= 15 is 0 Å². The van der Waals surface area contributed by atoms with Crippen LogP contribution in [0.3, 0.4) is 0 Å². The summed E-state index contributed by atoms with van der Waals surface area (Å²) in [6.45, 7) is 7.11. The number of aryl methyl sites for hydroxylation is 2. The maximum Gasteiger partial charge on any atom is 0.138 e. The Labute approximate surface area is 156 Å². The first-order valence-electron chi connectivity index (χ1n) is 9.24. The Hall–Kier alpha value is -1.74. The van der Waals surface area contributed by atoms with Gasteiger partial charge in [0.1, 0.15) is 11.6 Å². The van der Waals surface area contributed by atoms with Gasteiger partial charge in [-0.25, -0.2) is 4.98 Å². The lowest BCUT2D eigenvalue weighted by atomic mass is 9.94. The first-order valence-corrected chi connectivity index (χ1v) is 9.62. The fraction of sp³-hybridized carbons (Fsp3) is 0.476. The van der Waals surface area contributed by atoms with Crippen molar-refractivity contribution in [2.45, 2.75) is 39.5 Å². The second kappa shape index (κ2) is 8.57. The first kappa shape index (κ1) is 18.1. The molecule has 0 unspecified atom stereocenters. The summed E-state index contributed by atoms with van der Waals surface area (Å²) in [7, 11) is 0. The minimum absolute atomic E-state index is 0.706. The van der Waals surface area contributed by atoms with Gasteiger partial charge in [-0.3, -0.25) is 0 Å². The van der Waals surface area contributed by atoms with E-state index in [1.54, 1.807) is 0 Å². The van der Waals surface area contributed by atoms with Crippen molar-refractivity contribution < 1.29 is 4.74 Å². The molecule has 1 aliphatic heterocycles. The molecular formula is C21H27ClN2O. The summed E-state index contributed by atoms with van der Waals surface area (Å²) in [6, 6.07) is 10.3. The molecule has 0 spiro atoms. The fourth-order valence-electron chi connectivity index (χ4n) is 3.31. The molecule has 2 aromatic rings. The molecule has 3 nitrogen and oxygen atoms in total. The quantitative estimate of drug-likeness (QED) is 0.701. The van der Waals surface area contributed by atoms with Gasteiger partial charge in [-0.05, 0) is 67.9 Å². The van der Waals surface area contributed by atoms with Gasteiger partial charge >= 0.3 is 0 Å². The van der Waals surface area contributed by atoms with Crippen molar-refractivity contribution in [2.75, 3.05) is 24.6 Å². The Morgan fingerprint density at radius 2 is 2.00 bits per heavy atom. The molecule has 0 aliphatic carbocycles. The average molecular weight is 359 g/mol. The molecule has 3 rings (SSSR count). The van der Waals surface area contributed by atoms with Gasteiger partial charge in [-0.15, -0.1) is 0 Å². The predicted octanol–water partition coefficient (Wildman–Crippen LogP) is 5.29. The van der Waals surface area contributed by atoms with E-state index in [4.69, 9.17) is 16.3 Å². The molecular weight excluding hydrogens is 332 g/mol. The average Bonchev–Trinajstić information content (AvgIpc) is 2.64. The third-order valence-electron chi connectivity index (χ3n) is 5.02. The molecule has 1 aliphatic rings. The number of benzene rings is 1. The number of piperidine rings is 1. The fourth-order valence-corrected chi connectivity index (χ4v) is 3.48. The van der Waals surface area contributed by atoms with Crippen LogP contribution in [0.25, 0.3) is 0 Å². The highest BCUT2D eigenvalue weighted by molar-refractivity contribution is 6.32. The Balaban J connectivity index is 1.44. The van der Waals surface area contributed by atoms with Gasteiger partial charge in [0.15, 0.2) is 0 Å². The number of pyridine rings is 1. The van der Waals surface area contributed by atoms with E-state index in [1.165, 1.54) is 24.0 Å². The monoisotopic (exact) mass is 358 g/mol. The molecule has 1 aromatic heterocycles. The number of aromatic nitrogens is 1. The lowest BCUT2D eigenvalue weighted by Gasteiger charge is -2.32. The molecule has 1 saturated heterocycles. The lowest BCUT2D eigenvalue weighted by Crippen LogP contribution is -2.34. The van der Waals surface area contributed by atoms with Crippen molar-refractivity contribution >= 4 is 17.4 Å². The van der Waals surface area contributed by atoms with Crippen molar-refractivity contribution in [3.05, 3.63) is 52.7 Å². The number of halogens is 1. The summed E-state index contributed by atoms with van der Waals surface area (Å²) in [5, 5.41) is 0.706. The van der Waals surface area contributed by atoms with E-state index in [-0.39, 0.29) is 0 Å². The zero-order chi connectivity index (χ0) is 17.6. The van der Waals surface area contributed by atoms with Crippen LogP contribution in [-0.4, -0.2) is 24.7 Å². The van der Waals surface area contributed by atoms with Crippen molar-refractivity contribution in [1.29, 1.82) is 0 Å². The summed E-state index contributed by atoms with van der Waals surface area (Å²) in [5.74, 6) is 2.64. The van der Waals surface area contributed by atoms with Crippen LogP contribution >= 0.6 is 11.6 Å². The summed E-state index contributed by atoms with van der Waals surface area (Å²) in [5.41, 5.74) is 2.47. The molecule has 2 heterocycles. The first-order chi connectivity index (χ1) is 12.2. The molecule has 0 amide bonds. The second-order valence-electron chi connectivity index (χ2n) is 6.88. The van der Waals surface area contributed by atoms with E-state index in [0.717, 1.165) is 50.0 Å². The zero-order valence-corrected chi connectivity index (χ0v) is 15.9. The summed E-state index contributed by atoms with van der Waals surface area (Å²) >= 11 is 6.23. The van der Waals surface area contributed by atoms with E-state index < -0.39 is 0 Å². The van der Waals surface area contributed by atoms with Crippen molar-refractivity contribution in [1.82, 2.24) is 4.98 Å². The van der Waals surface area contributed by atoms with Gasteiger partial charge in [0.05, 0.1) is 11.6 Å². The van der Waals surface area contributed by atoms with Crippen LogP contribution in [0.1, 0.15) is 37.3 Å². The van der Waals surface area contributed by atoms with Crippen LogP contribution in [0.4, 0.5) is 5.82 Å². The smallest absolute Gasteiger partial charge is 0.138 e. The molecule has 0 bridgehead atoms. The highest BCUT2D eigenvalue weighted by Gasteiger charge is 2.20. The molecule has 0 atom stereocenters. The summed E-state index contributed by atoms with van der Waals surface area (Å²) in [6.07, 6.45) is 6.42. The Morgan fingerprint density at radius 3 is 2.68 bits per heavy atom. The maximum atomic E-state index is 6.23. The van der Waals surface area contributed by atoms with Crippen LogP contribution in [-0.2, 0) is 6.42 Å². The third-order valence-corrected chi connectivity index (χ3v) is 5.33. The lowest BCUT2D eigenvalue weighted by molar-refractivity contribution is 0.258. The maximum absolute atomic E-state index is 6.23. The van der Waals surface area contributed by atoms with E-state index in [2.05, 4.69) is 48.0 Å².